The van der Waals surface area contributed by atoms with Gasteiger partial charge in [0, 0.05) is 0 Å². The predicted molar refractivity (Wildman–Crippen MR) is 57.7 cm³/mol. The SMILES string of the molecule is CCC(Cl)c1noc(COC(C)(C)C)n1. The van der Waals surface area contributed by atoms with Crippen LogP contribution < -0.4 is 0 Å². The van der Waals surface area contributed by atoms with E-state index in [9.17, 15) is 0 Å². The molecule has 0 fully saturated rings. The van der Waals surface area contributed by atoms with Crippen LogP contribution in [0.4, 0.5) is 0 Å². The summed E-state index contributed by atoms with van der Waals surface area (Å²) in [5.41, 5.74) is -0.209. The van der Waals surface area contributed by atoms with E-state index in [0.717, 1.165) is 6.42 Å². The van der Waals surface area contributed by atoms with Crippen molar-refractivity contribution in [2.75, 3.05) is 0 Å². The van der Waals surface area contributed by atoms with Crippen molar-refractivity contribution in [3.63, 3.8) is 0 Å². The normalized spacial score (nSPS) is 14.2. The van der Waals surface area contributed by atoms with Crippen LogP contribution in [0, 0.1) is 0 Å². The molecule has 0 saturated carbocycles. The summed E-state index contributed by atoms with van der Waals surface area (Å²) in [5.74, 6) is 1.01. The number of alkyl halides is 1. The Morgan fingerprint density at radius 3 is 2.67 bits per heavy atom. The van der Waals surface area contributed by atoms with E-state index in [4.69, 9.17) is 20.9 Å². The van der Waals surface area contributed by atoms with E-state index in [1.807, 2.05) is 27.7 Å². The van der Waals surface area contributed by atoms with Crippen molar-refractivity contribution < 1.29 is 9.26 Å². The molecule has 0 N–H and O–H groups in total. The van der Waals surface area contributed by atoms with Gasteiger partial charge in [0.25, 0.3) is 5.89 Å². The van der Waals surface area contributed by atoms with Gasteiger partial charge in [0.15, 0.2) is 5.82 Å². The van der Waals surface area contributed by atoms with Crippen LogP contribution in [-0.4, -0.2) is 15.7 Å². The van der Waals surface area contributed by atoms with Crippen LogP contribution >= 0.6 is 11.6 Å². The minimum absolute atomic E-state index is 0.183. The Hall–Kier alpha value is -0.610. The third-order valence-corrected chi connectivity index (χ3v) is 2.25. The van der Waals surface area contributed by atoms with Crippen molar-refractivity contribution >= 4 is 11.6 Å². The van der Waals surface area contributed by atoms with Crippen LogP contribution in [0.2, 0.25) is 0 Å². The molecular weight excluding hydrogens is 216 g/mol. The van der Waals surface area contributed by atoms with Crippen molar-refractivity contribution in [1.82, 2.24) is 10.1 Å². The predicted octanol–water partition coefficient (Wildman–Crippen LogP) is 3.07. The number of nitrogens with zero attached hydrogens (tertiary/aromatic N) is 2. The maximum atomic E-state index is 5.97. The van der Waals surface area contributed by atoms with Crippen LogP contribution in [0.5, 0.6) is 0 Å². The molecule has 1 aromatic heterocycles. The second-order valence-electron chi connectivity index (χ2n) is 4.32. The van der Waals surface area contributed by atoms with E-state index in [2.05, 4.69) is 10.1 Å². The van der Waals surface area contributed by atoms with Gasteiger partial charge in [-0.25, -0.2) is 0 Å². The molecule has 0 radical (unpaired) electrons. The molecule has 0 saturated heterocycles. The summed E-state index contributed by atoms with van der Waals surface area (Å²) >= 11 is 5.97. The summed E-state index contributed by atoms with van der Waals surface area (Å²) in [7, 11) is 0. The highest BCUT2D eigenvalue weighted by molar-refractivity contribution is 6.20. The molecule has 0 aliphatic rings. The molecule has 0 bridgehead atoms. The van der Waals surface area contributed by atoms with Gasteiger partial charge in [0.2, 0.25) is 0 Å². The summed E-state index contributed by atoms with van der Waals surface area (Å²) in [6.07, 6.45) is 0.778. The Bertz CT molecular complexity index is 307. The molecule has 5 heteroatoms. The van der Waals surface area contributed by atoms with Gasteiger partial charge in [0.1, 0.15) is 6.61 Å². The molecule has 0 spiro atoms. The topological polar surface area (TPSA) is 48.2 Å². The van der Waals surface area contributed by atoms with E-state index in [0.29, 0.717) is 18.3 Å². The smallest absolute Gasteiger partial charge is 0.252 e. The molecule has 1 rings (SSSR count). The fourth-order valence-electron chi connectivity index (χ4n) is 0.915. The molecule has 0 aliphatic carbocycles. The number of rotatable bonds is 4. The lowest BCUT2D eigenvalue weighted by Gasteiger charge is -2.17. The Balaban J connectivity index is 2.53. The quantitative estimate of drug-likeness (QED) is 0.749. The maximum Gasteiger partial charge on any atom is 0.252 e. The summed E-state index contributed by atoms with van der Waals surface area (Å²) < 4.78 is 10.5. The van der Waals surface area contributed by atoms with Crippen molar-refractivity contribution in [3.8, 4) is 0 Å². The van der Waals surface area contributed by atoms with Gasteiger partial charge in [-0.15, -0.1) is 11.6 Å². The molecule has 0 amide bonds. The van der Waals surface area contributed by atoms with Gasteiger partial charge in [-0.05, 0) is 27.2 Å². The summed E-state index contributed by atoms with van der Waals surface area (Å²) in [6.45, 7) is 8.21. The second kappa shape index (κ2) is 4.94. The largest absolute Gasteiger partial charge is 0.366 e. The standard InChI is InChI=1S/C10H17ClN2O2/c1-5-7(11)9-12-8(15-13-9)6-14-10(2,3)4/h7H,5-6H2,1-4H3. The van der Waals surface area contributed by atoms with Gasteiger partial charge in [-0.1, -0.05) is 12.1 Å². The van der Waals surface area contributed by atoms with Crippen LogP contribution in [0.3, 0.4) is 0 Å². The van der Waals surface area contributed by atoms with E-state index in [1.54, 1.807) is 0 Å². The lowest BCUT2D eigenvalue weighted by molar-refractivity contribution is -0.0260. The first-order chi connectivity index (χ1) is 6.92. The highest BCUT2D eigenvalue weighted by Gasteiger charge is 2.16. The Morgan fingerprint density at radius 2 is 2.13 bits per heavy atom. The van der Waals surface area contributed by atoms with Gasteiger partial charge in [-0.2, -0.15) is 4.98 Å². The summed E-state index contributed by atoms with van der Waals surface area (Å²) in [6, 6.07) is 0. The minimum atomic E-state index is -0.209. The first kappa shape index (κ1) is 12.5. The molecule has 1 aromatic rings. The van der Waals surface area contributed by atoms with E-state index in [-0.39, 0.29) is 11.0 Å². The molecular formula is C10H17ClN2O2. The lowest BCUT2D eigenvalue weighted by Crippen LogP contribution is -2.18. The first-order valence-electron chi connectivity index (χ1n) is 5.03. The molecule has 86 valence electrons. The third-order valence-electron chi connectivity index (χ3n) is 1.75. The first-order valence-corrected chi connectivity index (χ1v) is 5.46. The van der Waals surface area contributed by atoms with Crippen LogP contribution in [0.15, 0.2) is 4.52 Å². The number of hydrogen-bond donors (Lipinski definition) is 0. The molecule has 0 aliphatic heterocycles. The zero-order valence-electron chi connectivity index (χ0n) is 9.58. The minimum Gasteiger partial charge on any atom is -0.366 e. The monoisotopic (exact) mass is 232 g/mol. The molecule has 1 heterocycles. The third kappa shape index (κ3) is 4.18. The van der Waals surface area contributed by atoms with Gasteiger partial charge in [-0.3, -0.25) is 0 Å². The van der Waals surface area contributed by atoms with Gasteiger partial charge in [0.05, 0.1) is 11.0 Å². The van der Waals surface area contributed by atoms with E-state index in [1.165, 1.54) is 0 Å². The van der Waals surface area contributed by atoms with Crippen LogP contribution in [0.1, 0.15) is 51.2 Å². The average molecular weight is 233 g/mol. The maximum absolute atomic E-state index is 5.97. The Kier molecular flexibility index (Phi) is 4.11. The second-order valence-corrected chi connectivity index (χ2v) is 4.85. The molecule has 15 heavy (non-hydrogen) atoms. The molecule has 0 aromatic carbocycles. The van der Waals surface area contributed by atoms with Crippen molar-refractivity contribution in [2.24, 2.45) is 0 Å². The van der Waals surface area contributed by atoms with Crippen LogP contribution in [0.25, 0.3) is 0 Å². The van der Waals surface area contributed by atoms with E-state index < -0.39 is 0 Å². The van der Waals surface area contributed by atoms with Gasteiger partial charge >= 0.3 is 0 Å². The molecule has 4 nitrogen and oxygen atoms in total. The Labute approximate surface area is 95.0 Å². The zero-order chi connectivity index (χ0) is 11.5. The fraction of sp³-hybridized carbons (Fsp3) is 0.800. The summed E-state index contributed by atoms with van der Waals surface area (Å²) in [5, 5.41) is 3.61. The molecule has 1 unspecified atom stereocenters. The Morgan fingerprint density at radius 1 is 1.47 bits per heavy atom. The van der Waals surface area contributed by atoms with E-state index >= 15 is 0 Å². The zero-order valence-corrected chi connectivity index (χ0v) is 10.3. The highest BCUT2D eigenvalue weighted by atomic mass is 35.5. The van der Waals surface area contributed by atoms with Gasteiger partial charge < -0.3 is 9.26 Å². The lowest BCUT2D eigenvalue weighted by atomic mass is 10.2. The molecule has 1 atom stereocenters. The van der Waals surface area contributed by atoms with Crippen molar-refractivity contribution in [3.05, 3.63) is 11.7 Å². The van der Waals surface area contributed by atoms with Crippen LogP contribution in [-0.2, 0) is 11.3 Å². The van der Waals surface area contributed by atoms with Crippen molar-refractivity contribution in [1.29, 1.82) is 0 Å². The average Bonchev–Trinajstić information content (AvgIpc) is 2.61. The summed E-state index contributed by atoms with van der Waals surface area (Å²) in [4.78, 5) is 4.15. The number of hydrogen-bond acceptors (Lipinski definition) is 4. The number of halogens is 1. The number of ether oxygens (including phenoxy) is 1. The van der Waals surface area contributed by atoms with Crippen molar-refractivity contribution in [2.45, 2.75) is 51.7 Å². The number of aromatic nitrogens is 2. The fourth-order valence-corrected chi connectivity index (χ4v) is 1.00. The highest BCUT2D eigenvalue weighted by Crippen LogP contribution is 2.21.